The van der Waals surface area contributed by atoms with Gasteiger partial charge in [0.1, 0.15) is 12.3 Å². The predicted molar refractivity (Wildman–Crippen MR) is 105 cm³/mol. The average Bonchev–Trinajstić information content (AvgIpc) is 3.01. The van der Waals surface area contributed by atoms with Crippen LogP contribution in [0.25, 0.3) is 11.2 Å². The molecule has 0 spiro atoms. The zero-order valence-electron chi connectivity index (χ0n) is 15.7. The normalized spacial score (nSPS) is 11.0. The molecule has 0 fully saturated rings. The number of benzene rings is 1. The number of nitrogens with one attached hydrogen (secondary N) is 1. The van der Waals surface area contributed by atoms with E-state index in [0.29, 0.717) is 13.0 Å². The van der Waals surface area contributed by atoms with Gasteiger partial charge in [-0.2, -0.15) is 4.98 Å². The number of fused-ring (bicyclic) bond motifs is 1. The van der Waals surface area contributed by atoms with Crippen LogP contribution < -0.4 is 21.3 Å². The van der Waals surface area contributed by atoms with Crippen LogP contribution in [-0.2, 0) is 31.9 Å². The Bertz CT molecular complexity index is 1160. The van der Waals surface area contributed by atoms with Crippen LogP contribution in [0.5, 0.6) is 5.75 Å². The highest BCUT2D eigenvalue weighted by Crippen LogP contribution is 2.17. The van der Waals surface area contributed by atoms with Gasteiger partial charge >= 0.3 is 5.69 Å². The van der Waals surface area contributed by atoms with E-state index in [1.165, 1.54) is 23.2 Å². The molecule has 0 atom stereocenters. The van der Waals surface area contributed by atoms with Gasteiger partial charge in [0.2, 0.25) is 11.2 Å². The lowest BCUT2D eigenvalue weighted by atomic mass is 10.1. The number of carbonyl (C=O) groups is 1. The summed E-state index contributed by atoms with van der Waals surface area (Å²) in [6.45, 7) is 0.203. The Morgan fingerprint density at radius 2 is 1.93 bits per heavy atom. The third-order valence-corrected chi connectivity index (χ3v) is 4.80. The van der Waals surface area contributed by atoms with Crippen LogP contribution in [0.1, 0.15) is 5.56 Å². The average molecular weight is 406 g/mol. The Labute approximate surface area is 165 Å². The number of hydrogen-bond acceptors (Lipinski definition) is 5. The molecule has 2 heterocycles. The molecule has 10 heteroatoms. The topological polar surface area (TPSA) is 100 Å². The van der Waals surface area contributed by atoms with Gasteiger partial charge in [-0.15, -0.1) is 0 Å². The number of hydrogen-bond donors (Lipinski definition) is 1. The minimum atomic E-state index is -0.556. The van der Waals surface area contributed by atoms with E-state index in [2.05, 4.69) is 10.3 Å². The molecule has 148 valence electrons. The summed E-state index contributed by atoms with van der Waals surface area (Å²) >= 11 is 6.12. The smallest absolute Gasteiger partial charge is 0.332 e. The zero-order valence-corrected chi connectivity index (χ0v) is 16.5. The molecule has 28 heavy (non-hydrogen) atoms. The maximum Gasteiger partial charge on any atom is 0.332 e. The summed E-state index contributed by atoms with van der Waals surface area (Å²) in [5.41, 5.74) is 0.147. The van der Waals surface area contributed by atoms with Gasteiger partial charge in [-0.05, 0) is 29.7 Å². The van der Waals surface area contributed by atoms with E-state index in [4.69, 9.17) is 16.3 Å². The summed E-state index contributed by atoms with van der Waals surface area (Å²) in [4.78, 5) is 40.9. The van der Waals surface area contributed by atoms with Gasteiger partial charge in [0.15, 0.2) is 11.2 Å². The molecule has 0 aliphatic heterocycles. The lowest BCUT2D eigenvalue weighted by Crippen LogP contribution is -2.38. The van der Waals surface area contributed by atoms with Gasteiger partial charge in [0, 0.05) is 20.6 Å². The van der Waals surface area contributed by atoms with Crippen LogP contribution in [-0.4, -0.2) is 38.2 Å². The predicted octanol–water partition coefficient (Wildman–Crippen LogP) is 0.455. The first-order chi connectivity index (χ1) is 13.3. The molecular weight excluding hydrogens is 386 g/mol. The number of methoxy groups -OCH3 is 1. The lowest BCUT2D eigenvalue weighted by Gasteiger charge is -2.10. The van der Waals surface area contributed by atoms with Gasteiger partial charge in [-0.25, -0.2) is 4.79 Å². The van der Waals surface area contributed by atoms with E-state index in [1.807, 2.05) is 24.3 Å². The van der Waals surface area contributed by atoms with E-state index in [9.17, 15) is 14.4 Å². The number of carbonyl (C=O) groups excluding carboxylic acids is 1. The Kier molecular flexibility index (Phi) is 5.55. The van der Waals surface area contributed by atoms with E-state index < -0.39 is 11.2 Å². The van der Waals surface area contributed by atoms with Crippen molar-refractivity contribution in [2.75, 3.05) is 13.7 Å². The summed E-state index contributed by atoms with van der Waals surface area (Å²) in [6.07, 6.45) is 0.588. The van der Waals surface area contributed by atoms with Crippen molar-refractivity contribution in [1.29, 1.82) is 0 Å². The largest absolute Gasteiger partial charge is 0.496 e. The number of aryl methyl sites for hydroxylation is 1. The number of aromatic nitrogens is 4. The number of imidazole rings is 1. The summed E-state index contributed by atoms with van der Waals surface area (Å²) in [5, 5.41) is 2.76. The fourth-order valence-corrected chi connectivity index (χ4v) is 3.23. The van der Waals surface area contributed by atoms with Crippen molar-refractivity contribution in [3.05, 3.63) is 56.0 Å². The third-order valence-electron chi connectivity index (χ3n) is 4.51. The number of halogens is 1. The number of ether oxygens (including phenoxy) is 1. The fraction of sp³-hybridized carbons (Fsp3) is 0.333. The molecule has 1 amide bonds. The molecule has 1 N–H and O–H groups in total. The van der Waals surface area contributed by atoms with Gasteiger partial charge in [0.25, 0.3) is 5.56 Å². The fourth-order valence-electron chi connectivity index (χ4n) is 3.01. The number of rotatable bonds is 6. The second kappa shape index (κ2) is 7.89. The van der Waals surface area contributed by atoms with Crippen molar-refractivity contribution >= 4 is 28.7 Å². The number of para-hydroxylation sites is 1. The highest BCUT2D eigenvalue weighted by Gasteiger charge is 2.19. The van der Waals surface area contributed by atoms with Crippen molar-refractivity contribution < 1.29 is 9.53 Å². The number of nitrogens with zero attached hydrogens (tertiary/aromatic N) is 4. The lowest BCUT2D eigenvalue weighted by molar-refractivity contribution is -0.121. The molecule has 3 rings (SSSR count). The Hall–Kier alpha value is -3.07. The number of amides is 1. The summed E-state index contributed by atoms with van der Waals surface area (Å²) in [6, 6.07) is 7.56. The van der Waals surface area contributed by atoms with Crippen molar-refractivity contribution in [1.82, 2.24) is 24.0 Å². The molecule has 0 aliphatic carbocycles. The van der Waals surface area contributed by atoms with Crippen LogP contribution in [0.15, 0.2) is 33.9 Å². The van der Waals surface area contributed by atoms with E-state index in [0.717, 1.165) is 15.9 Å². The molecule has 3 aromatic rings. The molecule has 0 saturated carbocycles. The maximum absolute atomic E-state index is 12.5. The van der Waals surface area contributed by atoms with Crippen LogP contribution >= 0.6 is 11.6 Å². The first-order valence-corrected chi connectivity index (χ1v) is 8.93. The Balaban J connectivity index is 1.78. The SMILES string of the molecule is COc1ccccc1CCNC(=O)Cn1c(Cl)nc2c1c(=O)n(C)c(=O)n2C. The Morgan fingerprint density at radius 3 is 2.64 bits per heavy atom. The maximum atomic E-state index is 12.5. The molecule has 0 saturated heterocycles. The van der Waals surface area contributed by atoms with Crippen molar-refractivity contribution in [2.24, 2.45) is 14.1 Å². The summed E-state index contributed by atoms with van der Waals surface area (Å²) in [5.74, 6) is 0.428. The second-order valence-corrected chi connectivity index (χ2v) is 6.59. The molecule has 9 nitrogen and oxygen atoms in total. The van der Waals surface area contributed by atoms with Crippen LogP contribution in [0.3, 0.4) is 0 Å². The molecule has 0 bridgehead atoms. The van der Waals surface area contributed by atoms with Crippen LogP contribution in [0.2, 0.25) is 5.28 Å². The molecule has 2 aromatic heterocycles. The molecule has 0 aliphatic rings. The van der Waals surface area contributed by atoms with E-state index >= 15 is 0 Å². The van der Waals surface area contributed by atoms with E-state index in [-0.39, 0.29) is 28.9 Å². The van der Waals surface area contributed by atoms with E-state index in [1.54, 1.807) is 7.11 Å². The van der Waals surface area contributed by atoms with Crippen molar-refractivity contribution in [3.63, 3.8) is 0 Å². The van der Waals surface area contributed by atoms with Crippen LogP contribution in [0, 0.1) is 0 Å². The molecule has 0 radical (unpaired) electrons. The second-order valence-electron chi connectivity index (χ2n) is 6.26. The molecule has 1 aromatic carbocycles. The Morgan fingerprint density at radius 1 is 1.21 bits per heavy atom. The first-order valence-electron chi connectivity index (χ1n) is 8.55. The van der Waals surface area contributed by atoms with Crippen LogP contribution in [0.4, 0.5) is 0 Å². The summed E-state index contributed by atoms with van der Waals surface area (Å²) in [7, 11) is 4.45. The molecular formula is C18H20ClN5O4. The monoisotopic (exact) mass is 405 g/mol. The minimum Gasteiger partial charge on any atom is -0.496 e. The highest BCUT2D eigenvalue weighted by molar-refractivity contribution is 6.29. The summed E-state index contributed by atoms with van der Waals surface area (Å²) < 4.78 is 8.77. The zero-order chi connectivity index (χ0) is 20.4. The highest BCUT2D eigenvalue weighted by atomic mass is 35.5. The minimum absolute atomic E-state index is 0.0341. The van der Waals surface area contributed by atoms with Crippen molar-refractivity contribution in [3.8, 4) is 5.75 Å². The standard InChI is InChI=1S/C18H20ClN5O4/c1-22-15-14(16(26)23(2)18(22)27)24(17(19)21-15)10-13(25)20-9-8-11-6-4-5-7-12(11)28-3/h4-7H,8-10H2,1-3H3,(H,20,25). The van der Waals surface area contributed by atoms with Gasteiger partial charge in [0.05, 0.1) is 7.11 Å². The molecule has 0 unspecified atom stereocenters. The van der Waals surface area contributed by atoms with Gasteiger partial charge in [-0.1, -0.05) is 18.2 Å². The first kappa shape index (κ1) is 19.7. The third kappa shape index (κ3) is 3.53. The quantitative estimate of drug-likeness (QED) is 0.600. The van der Waals surface area contributed by atoms with Crippen molar-refractivity contribution in [2.45, 2.75) is 13.0 Å². The van der Waals surface area contributed by atoms with Gasteiger partial charge in [-0.3, -0.25) is 23.3 Å². The van der Waals surface area contributed by atoms with Gasteiger partial charge < -0.3 is 10.1 Å².